The number of carbonyl (C=O) groups excluding carboxylic acids is 2. The van der Waals surface area contributed by atoms with Gasteiger partial charge in [-0.2, -0.15) is 0 Å². The van der Waals surface area contributed by atoms with Gasteiger partial charge >= 0.3 is 5.97 Å². The van der Waals surface area contributed by atoms with Crippen molar-refractivity contribution in [3.8, 4) is 16.9 Å². The van der Waals surface area contributed by atoms with E-state index in [4.69, 9.17) is 5.73 Å². The van der Waals surface area contributed by atoms with Crippen molar-refractivity contribution in [2.45, 2.75) is 12.6 Å². The molecule has 0 aliphatic rings. The molecule has 0 aliphatic heterocycles. The minimum Gasteiger partial charge on any atom is -0.505 e. The van der Waals surface area contributed by atoms with Crippen LogP contribution in [0.25, 0.3) is 11.1 Å². The molecular formula is C16H16FN3O4. The van der Waals surface area contributed by atoms with Gasteiger partial charge in [0.1, 0.15) is 11.6 Å². The molecule has 24 heavy (non-hydrogen) atoms. The first-order valence-electron chi connectivity index (χ1n) is 6.89. The van der Waals surface area contributed by atoms with Crippen molar-refractivity contribution in [1.82, 2.24) is 10.3 Å². The Kier molecular flexibility index (Phi) is 4.79. The molecule has 0 radical (unpaired) electrons. The van der Waals surface area contributed by atoms with E-state index in [2.05, 4.69) is 15.0 Å². The van der Waals surface area contributed by atoms with Gasteiger partial charge < -0.3 is 15.2 Å². The summed E-state index contributed by atoms with van der Waals surface area (Å²) in [6, 6.07) is 6.96. The van der Waals surface area contributed by atoms with Gasteiger partial charge in [-0.3, -0.25) is 10.5 Å². The third-order valence-corrected chi connectivity index (χ3v) is 3.22. The van der Waals surface area contributed by atoms with Gasteiger partial charge in [0.2, 0.25) is 0 Å². The zero-order valence-corrected chi connectivity index (χ0v) is 13.0. The molecule has 8 heteroatoms. The predicted molar refractivity (Wildman–Crippen MR) is 83.4 cm³/mol. The van der Waals surface area contributed by atoms with Crippen molar-refractivity contribution >= 4 is 11.9 Å². The zero-order valence-electron chi connectivity index (χ0n) is 13.0. The molecule has 2 rings (SSSR count). The molecule has 1 atom stereocenters. The molecule has 0 fully saturated rings. The minimum absolute atomic E-state index is 0.323. The lowest BCUT2D eigenvalue weighted by Gasteiger charge is -2.22. The smallest absolute Gasteiger partial charge is 0.346 e. The first-order chi connectivity index (χ1) is 11.2. The number of nitrogens with one attached hydrogen (secondary N) is 1. The molecule has 1 aromatic carbocycles. The second-order valence-electron chi connectivity index (χ2n) is 5.25. The van der Waals surface area contributed by atoms with Gasteiger partial charge in [0.15, 0.2) is 11.4 Å². The number of aromatic hydroxyl groups is 1. The lowest BCUT2D eigenvalue weighted by atomic mass is 10.1. The van der Waals surface area contributed by atoms with Gasteiger partial charge in [0.05, 0.1) is 7.11 Å². The third kappa shape index (κ3) is 3.66. The summed E-state index contributed by atoms with van der Waals surface area (Å²) in [7, 11) is 1.13. The van der Waals surface area contributed by atoms with E-state index in [9.17, 15) is 19.1 Å². The number of nitrogens with two attached hydrogens (primary N) is 1. The second-order valence-corrected chi connectivity index (χ2v) is 5.25. The molecule has 1 heterocycles. The Morgan fingerprint density at radius 2 is 2.04 bits per heavy atom. The number of carbonyl (C=O) groups is 2. The maximum atomic E-state index is 13.3. The van der Waals surface area contributed by atoms with Crippen molar-refractivity contribution in [2.75, 3.05) is 7.11 Å². The van der Waals surface area contributed by atoms with E-state index in [0.717, 1.165) is 7.11 Å². The van der Waals surface area contributed by atoms with Gasteiger partial charge in [-0.15, -0.1) is 0 Å². The molecule has 0 bridgehead atoms. The highest BCUT2D eigenvalue weighted by Crippen LogP contribution is 2.25. The van der Waals surface area contributed by atoms with Crippen LogP contribution in [0.5, 0.6) is 5.75 Å². The Morgan fingerprint density at radius 1 is 1.33 bits per heavy atom. The quantitative estimate of drug-likeness (QED) is 0.571. The first-order valence-corrected chi connectivity index (χ1v) is 6.89. The highest BCUT2D eigenvalue weighted by molar-refractivity contribution is 5.98. The number of pyridine rings is 1. The van der Waals surface area contributed by atoms with Crippen LogP contribution in [0, 0.1) is 5.82 Å². The van der Waals surface area contributed by atoms with Gasteiger partial charge in [-0.25, -0.2) is 14.2 Å². The summed E-state index contributed by atoms with van der Waals surface area (Å²) in [6.07, 6.45) is 1.30. The van der Waals surface area contributed by atoms with E-state index in [-0.39, 0.29) is 5.69 Å². The molecule has 1 aromatic heterocycles. The average Bonchev–Trinajstić information content (AvgIpc) is 2.53. The third-order valence-electron chi connectivity index (χ3n) is 3.22. The standard InChI is InChI=1S/C16H16FN3O4/c1-16(18,15(23)24-2)20-14(22)13-12(21)7-10(8-19-13)9-4-3-5-11(17)6-9/h3-8,21H,18H2,1-2H3,(H,20,22). The van der Waals surface area contributed by atoms with Crippen molar-refractivity contribution in [2.24, 2.45) is 5.73 Å². The van der Waals surface area contributed by atoms with Crippen LogP contribution < -0.4 is 11.1 Å². The lowest BCUT2D eigenvalue weighted by molar-refractivity contribution is -0.147. The number of esters is 1. The number of nitrogens with zero attached hydrogens (tertiary/aromatic N) is 1. The molecule has 1 amide bonds. The maximum Gasteiger partial charge on any atom is 0.346 e. The highest BCUT2D eigenvalue weighted by Gasteiger charge is 2.32. The summed E-state index contributed by atoms with van der Waals surface area (Å²) in [5.74, 6) is -2.58. The van der Waals surface area contributed by atoms with Crippen LogP contribution in [-0.4, -0.2) is 34.7 Å². The SMILES string of the molecule is COC(=O)C(C)(N)NC(=O)c1ncc(-c2cccc(F)c2)cc1O. The summed E-state index contributed by atoms with van der Waals surface area (Å²) < 4.78 is 17.7. The van der Waals surface area contributed by atoms with Crippen molar-refractivity contribution < 1.29 is 23.8 Å². The molecular weight excluding hydrogens is 317 g/mol. The van der Waals surface area contributed by atoms with Crippen LogP contribution >= 0.6 is 0 Å². The van der Waals surface area contributed by atoms with E-state index >= 15 is 0 Å². The fourth-order valence-electron chi connectivity index (χ4n) is 2.01. The largest absolute Gasteiger partial charge is 0.505 e. The Balaban J connectivity index is 2.27. The molecule has 0 spiro atoms. The summed E-state index contributed by atoms with van der Waals surface area (Å²) >= 11 is 0. The Bertz CT molecular complexity index is 793. The molecule has 7 nitrogen and oxygen atoms in total. The minimum atomic E-state index is -1.78. The lowest BCUT2D eigenvalue weighted by Crippen LogP contribution is -2.59. The maximum absolute atomic E-state index is 13.3. The van der Waals surface area contributed by atoms with E-state index in [1.807, 2.05) is 0 Å². The average molecular weight is 333 g/mol. The summed E-state index contributed by atoms with van der Waals surface area (Å²) in [5.41, 5.74) is 4.45. The number of hydrogen-bond donors (Lipinski definition) is 3. The fourth-order valence-corrected chi connectivity index (χ4v) is 2.01. The monoisotopic (exact) mass is 333 g/mol. The number of aromatic nitrogens is 1. The first kappa shape index (κ1) is 17.4. The van der Waals surface area contributed by atoms with E-state index in [1.165, 1.54) is 37.4 Å². The predicted octanol–water partition coefficient (Wildman–Crippen LogP) is 1.17. The van der Waals surface area contributed by atoms with E-state index in [0.29, 0.717) is 11.1 Å². The van der Waals surface area contributed by atoms with Crippen LogP contribution in [0.15, 0.2) is 36.5 Å². The zero-order chi connectivity index (χ0) is 17.9. The van der Waals surface area contributed by atoms with E-state index < -0.39 is 29.1 Å². The van der Waals surface area contributed by atoms with Gasteiger partial charge in [-0.1, -0.05) is 12.1 Å². The molecule has 2 aromatic rings. The number of amides is 1. The number of methoxy groups -OCH3 is 1. The van der Waals surface area contributed by atoms with Crippen LogP contribution in [-0.2, 0) is 9.53 Å². The topological polar surface area (TPSA) is 115 Å². The van der Waals surface area contributed by atoms with Crippen molar-refractivity contribution in [1.29, 1.82) is 0 Å². The molecule has 126 valence electrons. The molecule has 0 saturated carbocycles. The van der Waals surface area contributed by atoms with Crippen LogP contribution in [0.4, 0.5) is 4.39 Å². The number of halogens is 1. The summed E-state index contributed by atoms with van der Waals surface area (Å²) in [4.78, 5) is 27.5. The van der Waals surface area contributed by atoms with Crippen LogP contribution in [0.2, 0.25) is 0 Å². The molecule has 1 unspecified atom stereocenters. The van der Waals surface area contributed by atoms with Crippen molar-refractivity contribution in [3.05, 3.63) is 48.0 Å². The Labute approximate surface area is 137 Å². The number of ether oxygens (including phenoxy) is 1. The van der Waals surface area contributed by atoms with Gasteiger partial charge in [-0.05, 0) is 30.7 Å². The van der Waals surface area contributed by atoms with Crippen molar-refractivity contribution in [3.63, 3.8) is 0 Å². The Hall–Kier alpha value is -3.00. The number of hydrogen-bond acceptors (Lipinski definition) is 6. The molecule has 0 aliphatic carbocycles. The van der Waals surface area contributed by atoms with E-state index in [1.54, 1.807) is 6.07 Å². The van der Waals surface area contributed by atoms with Gasteiger partial charge in [0, 0.05) is 11.8 Å². The molecule has 4 N–H and O–H groups in total. The second kappa shape index (κ2) is 6.63. The van der Waals surface area contributed by atoms with Crippen LogP contribution in [0.1, 0.15) is 17.4 Å². The van der Waals surface area contributed by atoms with Crippen LogP contribution in [0.3, 0.4) is 0 Å². The summed E-state index contributed by atoms with van der Waals surface area (Å²) in [6.45, 7) is 1.24. The highest BCUT2D eigenvalue weighted by atomic mass is 19.1. The number of rotatable bonds is 4. The normalized spacial score (nSPS) is 13.0. The Morgan fingerprint density at radius 3 is 2.62 bits per heavy atom. The number of benzene rings is 1. The fraction of sp³-hybridized carbons (Fsp3) is 0.188. The molecule has 0 saturated heterocycles. The summed E-state index contributed by atoms with van der Waals surface area (Å²) in [5, 5.41) is 12.2. The van der Waals surface area contributed by atoms with Gasteiger partial charge in [0.25, 0.3) is 5.91 Å².